The highest BCUT2D eigenvalue weighted by molar-refractivity contribution is 6.31. The lowest BCUT2D eigenvalue weighted by Gasteiger charge is -2.21. The molecular formula is C21H21ClN2O3. The minimum absolute atomic E-state index is 0.241. The van der Waals surface area contributed by atoms with Crippen LogP contribution in [0, 0.1) is 0 Å². The topological polar surface area (TPSA) is 58.6 Å². The maximum absolute atomic E-state index is 12.4. The Morgan fingerprint density at radius 3 is 2.48 bits per heavy atom. The van der Waals surface area contributed by atoms with Gasteiger partial charge in [0.25, 0.3) is 0 Å². The van der Waals surface area contributed by atoms with E-state index in [1.807, 2.05) is 12.1 Å². The van der Waals surface area contributed by atoms with Crippen molar-refractivity contribution in [2.24, 2.45) is 0 Å². The molecule has 0 aromatic heterocycles. The third kappa shape index (κ3) is 4.89. The van der Waals surface area contributed by atoms with Crippen molar-refractivity contribution in [2.75, 3.05) is 30.4 Å². The number of ether oxygens (including phenoxy) is 1. The Kier molecular flexibility index (Phi) is 6.14. The summed E-state index contributed by atoms with van der Waals surface area (Å²) in [5.41, 5.74) is 2.97. The highest BCUT2D eigenvalue weighted by atomic mass is 35.5. The van der Waals surface area contributed by atoms with Crippen molar-refractivity contribution in [1.29, 1.82) is 0 Å². The number of anilines is 2. The molecule has 0 atom stereocenters. The highest BCUT2D eigenvalue weighted by Crippen LogP contribution is 2.31. The molecule has 0 unspecified atom stereocenters. The third-order valence-electron chi connectivity index (χ3n) is 4.42. The van der Waals surface area contributed by atoms with Gasteiger partial charge < -0.3 is 15.0 Å². The average Bonchev–Trinajstić information content (AvgIpc) is 3.21. The summed E-state index contributed by atoms with van der Waals surface area (Å²) in [6.45, 7) is 1.96. The van der Waals surface area contributed by atoms with E-state index < -0.39 is 5.97 Å². The third-order valence-corrected chi connectivity index (χ3v) is 4.66. The largest absolute Gasteiger partial charge is 0.465 e. The summed E-state index contributed by atoms with van der Waals surface area (Å²) >= 11 is 6.11. The molecule has 1 fully saturated rings. The van der Waals surface area contributed by atoms with Crippen molar-refractivity contribution in [3.8, 4) is 0 Å². The number of nitrogens with one attached hydrogen (secondary N) is 1. The molecule has 1 aliphatic heterocycles. The lowest BCUT2D eigenvalue weighted by Crippen LogP contribution is -2.20. The SMILES string of the molecule is COC(=O)c1ccc(/C=C/C(=O)Nc2cc(Cl)ccc2N2CCCC2)cc1. The minimum atomic E-state index is -0.390. The number of methoxy groups -OCH3 is 1. The van der Waals surface area contributed by atoms with Gasteiger partial charge in [-0.15, -0.1) is 0 Å². The van der Waals surface area contributed by atoms with Crippen LogP contribution in [-0.4, -0.2) is 32.1 Å². The molecule has 1 saturated heterocycles. The number of esters is 1. The fourth-order valence-corrected chi connectivity index (χ4v) is 3.21. The van der Waals surface area contributed by atoms with Crippen LogP contribution in [0.25, 0.3) is 6.08 Å². The first-order chi connectivity index (χ1) is 13.1. The summed E-state index contributed by atoms with van der Waals surface area (Å²) in [7, 11) is 1.34. The maximum Gasteiger partial charge on any atom is 0.337 e. The monoisotopic (exact) mass is 384 g/mol. The van der Waals surface area contributed by atoms with Gasteiger partial charge in [-0.3, -0.25) is 4.79 Å². The molecule has 1 amide bonds. The van der Waals surface area contributed by atoms with Crippen LogP contribution < -0.4 is 10.2 Å². The molecule has 1 heterocycles. The summed E-state index contributed by atoms with van der Waals surface area (Å²) in [4.78, 5) is 26.0. The summed E-state index contributed by atoms with van der Waals surface area (Å²) in [6.07, 6.45) is 5.45. The number of nitrogens with zero attached hydrogens (tertiary/aromatic N) is 1. The first-order valence-electron chi connectivity index (χ1n) is 8.79. The molecule has 0 radical (unpaired) electrons. The maximum atomic E-state index is 12.4. The molecule has 6 heteroatoms. The van der Waals surface area contributed by atoms with Gasteiger partial charge in [0.2, 0.25) is 5.91 Å². The van der Waals surface area contributed by atoms with Gasteiger partial charge >= 0.3 is 5.97 Å². The van der Waals surface area contributed by atoms with Gasteiger partial charge in [-0.25, -0.2) is 4.79 Å². The first-order valence-corrected chi connectivity index (χ1v) is 9.16. The van der Waals surface area contributed by atoms with Crippen LogP contribution in [0.5, 0.6) is 0 Å². The van der Waals surface area contributed by atoms with Crippen LogP contribution in [0.1, 0.15) is 28.8 Å². The Labute approximate surface area is 163 Å². The van der Waals surface area contributed by atoms with Crippen LogP contribution in [0.3, 0.4) is 0 Å². The summed E-state index contributed by atoms with van der Waals surface area (Å²) in [5, 5.41) is 3.49. The Morgan fingerprint density at radius 1 is 1.11 bits per heavy atom. The number of hydrogen-bond acceptors (Lipinski definition) is 4. The van der Waals surface area contributed by atoms with Gasteiger partial charge in [-0.1, -0.05) is 23.7 Å². The van der Waals surface area contributed by atoms with E-state index in [0.29, 0.717) is 16.3 Å². The molecule has 2 aromatic carbocycles. The predicted octanol–water partition coefficient (Wildman–Crippen LogP) is 4.38. The zero-order valence-corrected chi connectivity index (χ0v) is 15.8. The lowest BCUT2D eigenvalue weighted by molar-refractivity contribution is -0.111. The number of amides is 1. The number of benzene rings is 2. The van der Waals surface area contributed by atoms with Crippen molar-refractivity contribution in [3.05, 3.63) is 64.7 Å². The van der Waals surface area contributed by atoms with E-state index in [0.717, 1.165) is 37.2 Å². The van der Waals surface area contributed by atoms with E-state index in [2.05, 4.69) is 15.0 Å². The number of halogens is 1. The lowest BCUT2D eigenvalue weighted by atomic mass is 10.1. The quantitative estimate of drug-likeness (QED) is 0.614. The van der Waals surface area contributed by atoms with Crippen molar-refractivity contribution < 1.29 is 14.3 Å². The molecule has 0 bridgehead atoms. The molecule has 140 valence electrons. The van der Waals surface area contributed by atoms with Gasteiger partial charge in [0.15, 0.2) is 0 Å². The number of carbonyl (C=O) groups is 2. The van der Waals surface area contributed by atoms with E-state index in [1.165, 1.54) is 13.2 Å². The highest BCUT2D eigenvalue weighted by Gasteiger charge is 2.16. The van der Waals surface area contributed by atoms with Crippen molar-refractivity contribution in [3.63, 3.8) is 0 Å². The van der Waals surface area contributed by atoms with Crippen molar-refractivity contribution in [2.45, 2.75) is 12.8 Å². The molecule has 0 spiro atoms. The Bertz CT molecular complexity index is 856. The second-order valence-electron chi connectivity index (χ2n) is 6.29. The van der Waals surface area contributed by atoms with E-state index in [-0.39, 0.29) is 5.91 Å². The predicted molar refractivity (Wildman–Crippen MR) is 108 cm³/mol. The zero-order valence-electron chi connectivity index (χ0n) is 15.1. The number of carbonyl (C=O) groups excluding carboxylic acids is 2. The number of rotatable bonds is 5. The smallest absolute Gasteiger partial charge is 0.337 e. The van der Waals surface area contributed by atoms with Gasteiger partial charge in [-0.2, -0.15) is 0 Å². The van der Waals surface area contributed by atoms with Crippen molar-refractivity contribution >= 4 is 40.9 Å². The molecule has 1 aliphatic rings. The fourth-order valence-electron chi connectivity index (χ4n) is 3.04. The van der Waals surface area contributed by atoms with Crippen LogP contribution in [-0.2, 0) is 9.53 Å². The van der Waals surface area contributed by atoms with Crippen LogP contribution >= 0.6 is 11.6 Å². The minimum Gasteiger partial charge on any atom is -0.465 e. The molecule has 2 aromatic rings. The normalized spacial score (nSPS) is 13.8. The Hall–Kier alpha value is -2.79. The van der Waals surface area contributed by atoms with Gasteiger partial charge in [-0.05, 0) is 54.8 Å². The van der Waals surface area contributed by atoms with Gasteiger partial charge in [0.05, 0.1) is 24.0 Å². The first kappa shape index (κ1) is 19.0. The second kappa shape index (κ2) is 8.73. The van der Waals surface area contributed by atoms with E-state index in [4.69, 9.17) is 11.6 Å². The molecular weight excluding hydrogens is 364 g/mol. The van der Waals surface area contributed by atoms with Crippen molar-refractivity contribution in [1.82, 2.24) is 0 Å². The zero-order chi connectivity index (χ0) is 19.2. The van der Waals surface area contributed by atoms with Gasteiger partial charge in [0.1, 0.15) is 0 Å². The van der Waals surface area contributed by atoms with Crippen LogP contribution in [0.15, 0.2) is 48.5 Å². The standard InChI is InChI=1S/C21H21ClN2O3/c1-27-21(26)16-7-4-15(5-8-16)6-11-20(25)23-18-14-17(22)9-10-19(18)24-12-2-3-13-24/h4-11,14H,2-3,12-13H2,1H3,(H,23,25)/b11-6+. The molecule has 27 heavy (non-hydrogen) atoms. The average molecular weight is 385 g/mol. The van der Waals surface area contributed by atoms with Crippen LogP contribution in [0.4, 0.5) is 11.4 Å². The number of hydrogen-bond donors (Lipinski definition) is 1. The summed E-state index contributed by atoms with van der Waals surface area (Å²) in [6, 6.07) is 12.4. The summed E-state index contributed by atoms with van der Waals surface area (Å²) in [5.74, 6) is -0.631. The van der Waals surface area contributed by atoms with Crippen LogP contribution in [0.2, 0.25) is 5.02 Å². The molecule has 3 rings (SSSR count). The van der Waals surface area contributed by atoms with E-state index in [9.17, 15) is 9.59 Å². The Morgan fingerprint density at radius 2 is 1.81 bits per heavy atom. The molecule has 1 N–H and O–H groups in total. The van der Waals surface area contributed by atoms with E-state index in [1.54, 1.807) is 36.4 Å². The second-order valence-corrected chi connectivity index (χ2v) is 6.73. The summed E-state index contributed by atoms with van der Waals surface area (Å²) < 4.78 is 4.67. The fraction of sp³-hybridized carbons (Fsp3) is 0.238. The molecule has 5 nitrogen and oxygen atoms in total. The Balaban J connectivity index is 1.69. The van der Waals surface area contributed by atoms with E-state index >= 15 is 0 Å². The molecule has 0 aliphatic carbocycles. The molecule has 0 saturated carbocycles. The van der Waals surface area contributed by atoms with Gasteiger partial charge in [0, 0.05) is 24.2 Å².